The molecule has 0 aliphatic carbocycles. The van der Waals surface area contributed by atoms with Gasteiger partial charge in [-0.15, -0.1) is 0 Å². The average molecular weight is 381 g/mol. The summed E-state index contributed by atoms with van der Waals surface area (Å²) in [6.45, 7) is 5.44. The number of amides is 1. The molecule has 0 aromatic heterocycles. The van der Waals surface area contributed by atoms with Crippen LogP contribution in [0, 0.1) is 5.92 Å². The third-order valence-corrected chi connectivity index (χ3v) is 7.45. The van der Waals surface area contributed by atoms with Crippen LogP contribution in [0.1, 0.15) is 26.7 Å². The van der Waals surface area contributed by atoms with Gasteiger partial charge in [0.1, 0.15) is 11.8 Å². The number of anilines is 1. The van der Waals surface area contributed by atoms with Crippen molar-refractivity contribution in [2.75, 3.05) is 38.2 Å². The summed E-state index contributed by atoms with van der Waals surface area (Å²) in [4.78, 5) is 14.6. The molecule has 2 fully saturated rings. The van der Waals surface area contributed by atoms with E-state index in [1.165, 1.54) is 8.61 Å². The number of rotatable bonds is 4. The lowest BCUT2D eigenvalue weighted by molar-refractivity contribution is -0.123. The van der Waals surface area contributed by atoms with Gasteiger partial charge in [-0.25, -0.2) is 0 Å². The molecule has 2 aliphatic heterocycles. The number of benzene rings is 1. The highest BCUT2D eigenvalue weighted by Gasteiger charge is 2.42. The summed E-state index contributed by atoms with van der Waals surface area (Å²) in [7, 11) is -2.06. The predicted molar refractivity (Wildman–Crippen MR) is 100 cm³/mol. The Balaban J connectivity index is 1.79. The molecule has 0 spiro atoms. The minimum absolute atomic E-state index is 0.227. The molecule has 0 bridgehead atoms. The molecular formula is C18H27N3O4S. The fraction of sp³-hybridized carbons (Fsp3) is 0.611. The zero-order chi connectivity index (χ0) is 18.9. The number of piperazine rings is 1. The maximum absolute atomic E-state index is 13.0. The molecule has 1 aromatic carbocycles. The van der Waals surface area contributed by atoms with Crippen molar-refractivity contribution < 1.29 is 17.9 Å². The molecule has 8 heteroatoms. The molecule has 3 rings (SSSR count). The standard InChI is InChI=1S/C18H27N3O4S/c1-14-8-10-19(11-9-14)26(23,24)21-13-12-20(18(22)15(21)2)16-6-4-5-7-17(16)25-3/h4-7,14-15H,8-13H2,1-3H3. The van der Waals surface area contributed by atoms with Gasteiger partial charge in [0.15, 0.2) is 0 Å². The molecule has 7 nitrogen and oxygen atoms in total. The van der Waals surface area contributed by atoms with Gasteiger partial charge in [0.2, 0.25) is 5.91 Å². The number of hydrogen-bond acceptors (Lipinski definition) is 4. The number of carbonyl (C=O) groups excluding carboxylic acids is 1. The average Bonchev–Trinajstić information content (AvgIpc) is 2.64. The van der Waals surface area contributed by atoms with E-state index >= 15 is 0 Å². The quantitative estimate of drug-likeness (QED) is 0.796. The van der Waals surface area contributed by atoms with E-state index in [1.807, 2.05) is 18.2 Å². The van der Waals surface area contributed by atoms with Crippen molar-refractivity contribution in [3.05, 3.63) is 24.3 Å². The van der Waals surface area contributed by atoms with Crippen LogP contribution in [0.5, 0.6) is 5.75 Å². The van der Waals surface area contributed by atoms with Gasteiger partial charge >= 0.3 is 0 Å². The van der Waals surface area contributed by atoms with Crippen molar-refractivity contribution in [2.45, 2.75) is 32.7 Å². The van der Waals surface area contributed by atoms with Crippen LogP contribution in [0.2, 0.25) is 0 Å². The van der Waals surface area contributed by atoms with Crippen molar-refractivity contribution in [1.29, 1.82) is 0 Å². The van der Waals surface area contributed by atoms with Crippen LogP contribution in [-0.2, 0) is 15.0 Å². The first-order chi connectivity index (χ1) is 12.4. The van der Waals surface area contributed by atoms with Crippen molar-refractivity contribution in [2.24, 2.45) is 5.92 Å². The van der Waals surface area contributed by atoms with Crippen LogP contribution in [-0.4, -0.2) is 62.3 Å². The highest BCUT2D eigenvalue weighted by atomic mass is 32.2. The molecule has 2 aliphatic rings. The predicted octanol–water partition coefficient (Wildman–Crippen LogP) is 1.71. The van der Waals surface area contributed by atoms with Gasteiger partial charge in [-0.2, -0.15) is 17.0 Å². The molecule has 2 heterocycles. The molecule has 1 aromatic rings. The third-order valence-electron chi connectivity index (χ3n) is 5.34. The van der Waals surface area contributed by atoms with Crippen molar-refractivity contribution >= 4 is 21.8 Å². The first-order valence-electron chi connectivity index (χ1n) is 9.07. The van der Waals surface area contributed by atoms with E-state index < -0.39 is 16.3 Å². The van der Waals surface area contributed by atoms with Crippen LogP contribution in [0.4, 0.5) is 5.69 Å². The summed E-state index contributed by atoms with van der Waals surface area (Å²) in [6.07, 6.45) is 1.73. The van der Waals surface area contributed by atoms with Gasteiger partial charge in [0.25, 0.3) is 10.2 Å². The van der Waals surface area contributed by atoms with Crippen molar-refractivity contribution in [1.82, 2.24) is 8.61 Å². The maximum Gasteiger partial charge on any atom is 0.282 e. The van der Waals surface area contributed by atoms with E-state index in [-0.39, 0.29) is 12.5 Å². The highest BCUT2D eigenvalue weighted by Crippen LogP contribution is 2.31. The normalized spacial score (nSPS) is 24.0. The SMILES string of the molecule is COc1ccccc1N1CCN(S(=O)(=O)N2CCC(C)CC2)C(C)C1=O. The van der Waals surface area contributed by atoms with E-state index in [2.05, 4.69) is 6.92 Å². The van der Waals surface area contributed by atoms with Gasteiger partial charge in [0.05, 0.1) is 12.8 Å². The van der Waals surface area contributed by atoms with Crippen LogP contribution in [0.15, 0.2) is 24.3 Å². The molecule has 1 atom stereocenters. The lowest BCUT2D eigenvalue weighted by Gasteiger charge is -2.41. The fourth-order valence-corrected chi connectivity index (χ4v) is 5.39. The Labute approximate surface area is 155 Å². The largest absolute Gasteiger partial charge is 0.495 e. The Bertz CT molecular complexity index is 759. The van der Waals surface area contributed by atoms with E-state index in [0.29, 0.717) is 37.0 Å². The van der Waals surface area contributed by atoms with Gasteiger partial charge in [-0.3, -0.25) is 4.79 Å². The van der Waals surface area contributed by atoms with Gasteiger partial charge < -0.3 is 9.64 Å². The first kappa shape index (κ1) is 19.1. The zero-order valence-electron chi connectivity index (χ0n) is 15.6. The lowest BCUT2D eigenvalue weighted by atomic mass is 10.0. The van der Waals surface area contributed by atoms with E-state index in [0.717, 1.165) is 12.8 Å². The molecule has 1 unspecified atom stereocenters. The number of hydrogen-bond donors (Lipinski definition) is 0. The smallest absolute Gasteiger partial charge is 0.282 e. The minimum atomic E-state index is -3.62. The van der Waals surface area contributed by atoms with Gasteiger partial charge in [-0.1, -0.05) is 19.1 Å². The van der Waals surface area contributed by atoms with Crippen LogP contribution in [0.25, 0.3) is 0 Å². The summed E-state index contributed by atoms with van der Waals surface area (Å²) in [5.74, 6) is 0.923. The number of piperidine rings is 1. The van der Waals surface area contributed by atoms with E-state index in [1.54, 1.807) is 25.0 Å². The summed E-state index contributed by atoms with van der Waals surface area (Å²) in [5.41, 5.74) is 0.677. The lowest BCUT2D eigenvalue weighted by Crippen LogP contribution is -2.61. The molecular weight excluding hydrogens is 354 g/mol. The second kappa shape index (κ2) is 7.54. The molecule has 0 N–H and O–H groups in total. The molecule has 26 heavy (non-hydrogen) atoms. The third kappa shape index (κ3) is 3.45. The summed E-state index contributed by atoms with van der Waals surface area (Å²) in [6, 6.07) is 6.56. The molecule has 2 saturated heterocycles. The van der Waals surface area contributed by atoms with E-state index in [4.69, 9.17) is 4.74 Å². The van der Waals surface area contributed by atoms with E-state index in [9.17, 15) is 13.2 Å². The second-order valence-electron chi connectivity index (χ2n) is 7.04. The Morgan fingerprint density at radius 2 is 1.69 bits per heavy atom. The molecule has 0 saturated carbocycles. The second-order valence-corrected chi connectivity index (χ2v) is 8.92. The Hall–Kier alpha value is -1.64. The van der Waals surface area contributed by atoms with Crippen LogP contribution in [0.3, 0.4) is 0 Å². The fourth-order valence-electron chi connectivity index (χ4n) is 3.62. The number of nitrogens with zero attached hydrogens (tertiary/aromatic N) is 3. The first-order valence-corrected chi connectivity index (χ1v) is 10.5. The van der Waals surface area contributed by atoms with Crippen molar-refractivity contribution in [3.63, 3.8) is 0 Å². The Morgan fingerprint density at radius 3 is 2.35 bits per heavy atom. The molecule has 144 valence electrons. The van der Waals surface area contributed by atoms with Crippen molar-refractivity contribution in [3.8, 4) is 5.75 Å². The highest BCUT2D eigenvalue weighted by molar-refractivity contribution is 7.86. The van der Waals surface area contributed by atoms with Crippen LogP contribution < -0.4 is 9.64 Å². The molecule has 1 amide bonds. The number of methoxy groups -OCH3 is 1. The van der Waals surface area contributed by atoms with Gasteiger partial charge in [0, 0.05) is 26.2 Å². The Kier molecular flexibility index (Phi) is 5.55. The van der Waals surface area contributed by atoms with Crippen LogP contribution >= 0.6 is 0 Å². The Morgan fingerprint density at radius 1 is 1.04 bits per heavy atom. The monoisotopic (exact) mass is 381 g/mol. The summed E-state index contributed by atoms with van der Waals surface area (Å²) < 4.78 is 34.3. The zero-order valence-corrected chi connectivity index (χ0v) is 16.4. The number of ether oxygens (including phenoxy) is 1. The summed E-state index contributed by atoms with van der Waals surface area (Å²) in [5, 5.41) is 0. The number of carbonyl (C=O) groups is 1. The minimum Gasteiger partial charge on any atom is -0.495 e. The maximum atomic E-state index is 13.0. The summed E-state index contributed by atoms with van der Waals surface area (Å²) >= 11 is 0. The molecule has 0 radical (unpaired) electrons. The number of para-hydroxylation sites is 2. The topological polar surface area (TPSA) is 70.2 Å². The van der Waals surface area contributed by atoms with Gasteiger partial charge in [-0.05, 0) is 37.8 Å².